The van der Waals surface area contributed by atoms with Crippen LogP contribution < -0.4 is 10.9 Å². The van der Waals surface area contributed by atoms with Crippen LogP contribution in [-0.4, -0.2) is 22.9 Å². The lowest BCUT2D eigenvalue weighted by molar-refractivity contribution is 0.395. The fourth-order valence-electron chi connectivity index (χ4n) is 3.69. The van der Waals surface area contributed by atoms with E-state index in [4.69, 9.17) is 5.10 Å². The van der Waals surface area contributed by atoms with E-state index < -0.39 is 0 Å². The van der Waals surface area contributed by atoms with Crippen LogP contribution in [0.5, 0.6) is 0 Å². The second-order valence-corrected chi connectivity index (χ2v) is 6.88. The molecule has 5 heteroatoms. The van der Waals surface area contributed by atoms with Gasteiger partial charge in [-0.05, 0) is 56.1 Å². The van der Waals surface area contributed by atoms with Gasteiger partial charge in [-0.3, -0.25) is 4.79 Å². The third kappa shape index (κ3) is 3.40. The van der Waals surface area contributed by atoms with E-state index in [2.05, 4.69) is 5.32 Å². The molecule has 2 heterocycles. The van der Waals surface area contributed by atoms with Gasteiger partial charge in [-0.25, -0.2) is 9.07 Å². The molecule has 0 radical (unpaired) electrons. The quantitative estimate of drug-likeness (QED) is 0.786. The van der Waals surface area contributed by atoms with E-state index in [-0.39, 0.29) is 17.4 Å². The molecule has 0 unspecified atom stereocenters. The highest BCUT2D eigenvalue weighted by Crippen LogP contribution is 2.22. The molecule has 0 bridgehead atoms. The summed E-state index contributed by atoms with van der Waals surface area (Å²) in [6, 6.07) is 14.2. The normalized spacial score (nSPS) is 18.0. The lowest BCUT2D eigenvalue weighted by atomic mass is 10.0. The van der Waals surface area contributed by atoms with Crippen molar-refractivity contribution in [3.05, 3.63) is 76.0 Å². The molecule has 0 aliphatic carbocycles. The van der Waals surface area contributed by atoms with Crippen LogP contribution in [0.3, 0.4) is 0 Å². The van der Waals surface area contributed by atoms with Crippen LogP contribution in [0, 0.1) is 5.82 Å². The summed E-state index contributed by atoms with van der Waals surface area (Å²) in [6.07, 6.45) is 3.47. The largest absolute Gasteiger partial charge is 0.317 e. The molecule has 1 aromatic heterocycles. The van der Waals surface area contributed by atoms with E-state index in [1.54, 1.807) is 16.8 Å². The van der Waals surface area contributed by atoms with Crippen molar-refractivity contribution in [1.29, 1.82) is 0 Å². The highest BCUT2D eigenvalue weighted by molar-refractivity contribution is 5.83. The minimum atomic E-state index is -0.248. The van der Waals surface area contributed by atoms with Gasteiger partial charge in [-0.15, -0.1) is 0 Å². The van der Waals surface area contributed by atoms with Crippen LogP contribution in [0.15, 0.2) is 53.3 Å². The fourth-order valence-corrected chi connectivity index (χ4v) is 3.69. The Morgan fingerprint density at radius 1 is 1.04 bits per heavy atom. The summed E-state index contributed by atoms with van der Waals surface area (Å²) in [6.45, 7) is 1.89. The smallest absolute Gasteiger partial charge is 0.274 e. The molecule has 1 fully saturated rings. The molecule has 0 amide bonds. The van der Waals surface area contributed by atoms with Crippen molar-refractivity contribution >= 4 is 10.8 Å². The molecule has 1 aliphatic heterocycles. The summed E-state index contributed by atoms with van der Waals surface area (Å²) < 4.78 is 14.9. The summed E-state index contributed by atoms with van der Waals surface area (Å²) in [5.41, 5.74) is 1.83. The summed E-state index contributed by atoms with van der Waals surface area (Å²) in [4.78, 5) is 13.0. The highest BCUT2D eigenvalue weighted by Gasteiger charge is 2.19. The molecule has 3 aromatic rings. The van der Waals surface area contributed by atoms with Crippen molar-refractivity contribution in [2.45, 2.75) is 31.7 Å². The van der Waals surface area contributed by atoms with Crippen molar-refractivity contribution in [2.24, 2.45) is 0 Å². The molecule has 0 spiro atoms. The lowest BCUT2D eigenvalue weighted by Gasteiger charge is -2.18. The Balaban J connectivity index is 1.81. The van der Waals surface area contributed by atoms with Gasteiger partial charge < -0.3 is 5.32 Å². The molecule has 1 aliphatic rings. The van der Waals surface area contributed by atoms with Crippen LogP contribution >= 0.6 is 0 Å². The Bertz CT molecular complexity index is 957. The van der Waals surface area contributed by atoms with Gasteiger partial charge in [0, 0.05) is 11.8 Å². The van der Waals surface area contributed by atoms with Gasteiger partial charge in [-0.1, -0.05) is 30.3 Å². The van der Waals surface area contributed by atoms with Crippen molar-refractivity contribution in [2.75, 3.05) is 13.1 Å². The summed E-state index contributed by atoms with van der Waals surface area (Å²) in [5, 5.41) is 9.74. The Hall–Kier alpha value is -2.53. The third-order valence-electron chi connectivity index (χ3n) is 5.08. The van der Waals surface area contributed by atoms with Gasteiger partial charge in [-0.2, -0.15) is 5.10 Å². The number of rotatable bonds is 3. The number of nitrogens with one attached hydrogen (secondary N) is 1. The number of halogens is 1. The molecule has 1 saturated heterocycles. The topological polar surface area (TPSA) is 46.9 Å². The molecule has 26 heavy (non-hydrogen) atoms. The molecule has 4 rings (SSSR count). The second kappa shape index (κ2) is 7.38. The highest BCUT2D eigenvalue weighted by atomic mass is 19.1. The predicted octanol–water partition coefficient (Wildman–Crippen LogP) is 3.44. The first-order valence-corrected chi connectivity index (χ1v) is 9.18. The van der Waals surface area contributed by atoms with Gasteiger partial charge in [0.05, 0.1) is 17.1 Å². The van der Waals surface area contributed by atoms with Gasteiger partial charge in [0.2, 0.25) is 0 Å². The zero-order valence-electron chi connectivity index (χ0n) is 14.6. The number of aromatic nitrogens is 2. The number of benzene rings is 2. The van der Waals surface area contributed by atoms with Crippen molar-refractivity contribution in [1.82, 2.24) is 15.1 Å². The SMILES string of the molecule is O=c1c2ccccc2c(Cc2ccc(F)cc2)nn1[C@@H]1CCCNCC1. The van der Waals surface area contributed by atoms with E-state index in [0.717, 1.165) is 49.0 Å². The zero-order chi connectivity index (χ0) is 17.9. The average Bonchev–Trinajstić information content (AvgIpc) is 2.95. The van der Waals surface area contributed by atoms with Crippen LogP contribution in [0.25, 0.3) is 10.8 Å². The van der Waals surface area contributed by atoms with E-state index in [0.29, 0.717) is 11.8 Å². The van der Waals surface area contributed by atoms with Gasteiger partial charge >= 0.3 is 0 Å². The van der Waals surface area contributed by atoms with E-state index in [1.165, 1.54) is 12.1 Å². The zero-order valence-corrected chi connectivity index (χ0v) is 14.6. The first-order chi connectivity index (χ1) is 12.7. The molecular weight excluding hydrogens is 329 g/mol. The second-order valence-electron chi connectivity index (χ2n) is 6.88. The Morgan fingerprint density at radius 2 is 1.81 bits per heavy atom. The van der Waals surface area contributed by atoms with Crippen molar-refractivity contribution < 1.29 is 4.39 Å². The number of nitrogens with zero attached hydrogens (tertiary/aromatic N) is 2. The molecule has 1 atom stereocenters. The summed E-state index contributed by atoms with van der Waals surface area (Å²) in [7, 11) is 0. The van der Waals surface area contributed by atoms with Crippen LogP contribution in [0.4, 0.5) is 4.39 Å². The fraction of sp³-hybridized carbons (Fsp3) is 0.333. The summed E-state index contributed by atoms with van der Waals surface area (Å²) >= 11 is 0. The molecule has 0 saturated carbocycles. The van der Waals surface area contributed by atoms with Gasteiger partial charge in [0.25, 0.3) is 5.56 Å². The van der Waals surface area contributed by atoms with Gasteiger partial charge in [0.15, 0.2) is 0 Å². The maximum Gasteiger partial charge on any atom is 0.274 e. The van der Waals surface area contributed by atoms with Gasteiger partial charge in [0.1, 0.15) is 5.82 Å². The Labute approximate surface area is 151 Å². The van der Waals surface area contributed by atoms with Crippen LogP contribution in [0.2, 0.25) is 0 Å². The first-order valence-electron chi connectivity index (χ1n) is 9.18. The van der Waals surface area contributed by atoms with Crippen molar-refractivity contribution in [3.63, 3.8) is 0 Å². The van der Waals surface area contributed by atoms with E-state index in [1.807, 2.05) is 24.3 Å². The average molecular weight is 351 g/mol. The minimum absolute atomic E-state index is 0.0182. The number of hydrogen-bond acceptors (Lipinski definition) is 3. The number of hydrogen-bond donors (Lipinski definition) is 1. The molecule has 2 aromatic carbocycles. The van der Waals surface area contributed by atoms with E-state index in [9.17, 15) is 9.18 Å². The predicted molar refractivity (Wildman–Crippen MR) is 101 cm³/mol. The van der Waals surface area contributed by atoms with Crippen LogP contribution in [-0.2, 0) is 6.42 Å². The first kappa shape index (κ1) is 16.9. The monoisotopic (exact) mass is 351 g/mol. The molecular formula is C21H22FN3O. The Morgan fingerprint density at radius 3 is 2.62 bits per heavy atom. The van der Waals surface area contributed by atoms with Crippen LogP contribution in [0.1, 0.15) is 36.6 Å². The number of fused-ring (bicyclic) bond motifs is 1. The Kier molecular flexibility index (Phi) is 4.80. The standard InChI is InChI=1S/C21H22FN3O/c22-16-9-7-15(8-10-16)14-20-18-5-1-2-6-19(18)21(26)25(24-20)17-4-3-12-23-13-11-17/h1-2,5-10,17,23H,3-4,11-14H2/t17-/m1/s1. The lowest BCUT2D eigenvalue weighted by Crippen LogP contribution is -2.29. The molecule has 1 N–H and O–H groups in total. The summed E-state index contributed by atoms with van der Waals surface area (Å²) in [5.74, 6) is -0.248. The maximum absolute atomic E-state index is 13.2. The van der Waals surface area contributed by atoms with E-state index >= 15 is 0 Å². The molecule has 134 valence electrons. The minimum Gasteiger partial charge on any atom is -0.317 e. The molecule has 4 nitrogen and oxygen atoms in total. The third-order valence-corrected chi connectivity index (χ3v) is 5.08. The van der Waals surface area contributed by atoms with Crippen molar-refractivity contribution in [3.8, 4) is 0 Å². The maximum atomic E-state index is 13.2.